The number of aromatic nitrogens is 1. The van der Waals surface area contributed by atoms with Crippen molar-refractivity contribution in [3.05, 3.63) is 22.8 Å². The molecule has 0 aliphatic rings. The molecule has 1 heterocycles. The maximum absolute atomic E-state index is 10.8. The first kappa shape index (κ1) is 13.7. The summed E-state index contributed by atoms with van der Waals surface area (Å²) in [5.41, 5.74) is 0.0268. The van der Waals surface area contributed by atoms with Crippen LogP contribution in [0.3, 0.4) is 0 Å². The van der Waals surface area contributed by atoms with Crippen molar-refractivity contribution in [3.63, 3.8) is 0 Å². The summed E-state index contributed by atoms with van der Waals surface area (Å²) in [5.74, 6) is -0.328. The van der Waals surface area contributed by atoms with E-state index < -0.39 is 5.97 Å². The molecule has 3 N–H and O–H groups in total. The fourth-order valence-electron chi connectivity index (χ4n) is 1.30. The van der Waals surface area contributed by atoms with E-state index in [0.29, 0.717) is 18.8 Å². The van der Waals surface area contributed by atoms with Crippen molar-refractivity contribution in [1.82, 2.24) is 4.98 Å². The SMILES string of the molecule is CC(CCO)CNc1cc(C(=O)O)c(Cl)cn1. The van der Waals surface area contributed by atoms with E-state index in [-0.39, 0.29) is 23.1 Å². The molecule has 5 nitrogen and oxygen atoms in total. The number of hydrogen-bond acceptors (Lipinski definition) is 4. The molecule has 0 amide bonds. The second-order valence-corrected chi connectivity index (χ2v) is 4.26. The zero-order chi connectivity index (χ0) is 12.8. The summed E-state index contributed by atoms with van der Waals surface area (Å²) in [4.78, 5) is 14.8. The number of aromatic carboxylic acids is 1. The quantitative estimate of drug-likeness (QED) is 0.726. The van der Waals surface area contributed by atoms with Crippen LogP contribution < -0.4 is 5.32 Å². The Labute approximate surface area is 104 Å². The van der Waals surface area contributed by atoms with Crippen LogP contribution in [0.15, 0.2) is 12.3 Å². The molecular weight excluding hydrogens is 244 g/mol. The Morgan fingerprint density at radius 3 is 2.94 bits per heavy atom. The largest absolute Gasteiger partial charge is 0.478 e. The highest BCUT2D eigenvalue weighted by molar-refractivity contribution is 6.33. The minimum absolute atomic E-state index is 0.0268. The van der Waals surface area contributed by atoms with Crippen molar-refractivity contribution in [2.45, 2.75) is 13.3 Å². The van der Waals surface area contributed by atoms with Crippen molar-refractivity contribution in [2.24, 2.45) is 5.92 Å². The van der Waals surface area contributed by atoms with E-state index in [9.17, 15) is 4.79 Å². The summed E-state index contributed by atoms with van der Waals surface area (Å²) in [5, 5.41) is 20.8. The zero-order valence-electron chi connectivity index (χ0n) is 9.48. The van der Waals surface area contributed by atoms with E-state index in [1.54, 1.807) is 0 Å². The van der Waals surface area contributed by atoms with Gasteiger partial charge in [0.15, 0.2) is 0 Å². The number of nitrogens with zero attached hydrogens (tertiary/aromatic N) is 1. The zero-order valence-corrected chi connectivity index (χ0v) is 10.2. The molecule has 0 saturated heterocycles. The maximum Gasteiger partial charge on any atom is 0.337 e. The summed E-state index contributed by atoms with van der Waals surface area (Å²) in [6.45, 7) is 2.74. The minimum atomic E-state index is -1.08. The third-order valence-electron chi connectivity index (χ3n) is 2.34. The summed E-state index contributed by atoms with van der Waals surface area (Å²) in [6.07, 6.45) is 2.00. The lowest BCUT2D eigenvalue weighted by Crippen LogP contribution is -2.14. The van der Waals surface area contributed by atoms with Gasteiger partial charge < -0.3 is 15.5 Å². The number of aliphatic hydroxyl groups is 1. The van der Waals surface area contributed by atoms with Crippen LogP contribution in [0.5, 0.6) is 0 Å². The minimum Gasteiger partial charge on any atom is -0.478 e. The lowest BCUT2D eigenvalue weighted by Gasteiger charge is -2.12. The smallest absolute Gasteiger partial charge is 0.337 e. The molecular formula is C11H15ClN2O3. The first-order chi connectivity index (χ1) is 8.04. The number of carboxylic acid groups (broad SMARTS) is 1. The molecule has 0 fully saturated rings. The third kappa shape index (κ3) is 4.20. The summed E-state index contributed by atoms with van der Waals surface area (Å²) in [7, 11) is 0. The number of carboxylic acids is 1. The van der Waals surface area contributed by atoms with Gasteiger partial charge in [-0.2, -0.15) is 0 Å². The third-order valence-corrected chi connectivity index (χ3v) is 2.64. The predicted molar refractivity (Wildman–Crippen MR) is 65.6 cm³/mol. The van der Waals surface area contributed by atoms with Crippen molar-refractivity contribution >= 4 is 23.4 Å². The van der Waals surface area contributed by atoms with Crippen LogP contribution in [0.1, 0.15) is 23.7 Å². The molecule has 1 aromatic heterocycles. The van der Waals surface area contributed by atoms with E-state index in [4.69, 9.17) is 21.8 Å². The number of pyridine rings is 1. The van der Waals surface area contributed by atoms with Crippen molar-refractivity contribution in [3.8, 4) is 0 Å². The first-order valence-electron chi connectivity index (χ1n) is 5.28. The van der Waals surface area contributed by atoms with Gasteiger partial charge in [-0.3, -0.25) is 0 Å². The normalized spacial score (nSPS) is 12.2. The molecule has 17 heavy (non-hydrogen) atoms. The second kappa shape index (κ2) is 6.42. The standard InChI is InChI=1S/C11H15ClN2O3/c1-7(2-3-15)5-13-10-4-8(11(16)17)9(12)6-14-10/h4,6-7,15H,2-3,5H2,1H3,(H,13,14)(H,16,17). The Morgan fingerprint density at radius 1 is 1.65 bits per heavy atom. The summed E-state index contributed by atoms with van der Waals surface area (Å²) >= 11 is 5.70. The van der Waals surface area contributed by atoms with Gasteiger partial charge >= 0.3 is 5.97 Å². The second-order valence-electron chi connectivity index (χ2n) is 3.85. The Balaban J connectivity index is 2.66. The van der Waals surface area contributed by atoms with Crippen molar-refractivity contribution in [1.29, 1.82) is 0 Å². The molecule has 94 valence electrons. The van der Waals surface area contributed by atoms with Gasteiger partial charge in [-0.15, -0.1) is 0 Å². The van der Waals surface area contributed by atoms with E-state index in [2.05, 4.69) is 10.3 Å². The topological polar surface area (TPSA) is 82.5 Å². The molecule has 0 aliphatic heterocycles. The van der Waals surface area contributed by atoms with Crippen molar-refractivity contribution < 1.29 is 15.0 Å². The Kier molecular flexibility index (Phi) is 5.18. The molecule has 1 aromatic rings. The number of nitrogens with one attached hydrogen (secondary N) is 1. The van der Waals surface area contributed by atoms with Crippen molar-refractivity contribution in [2.75, 3.05) is 18.5 Å². The molecule has 0 aliphatic carbocycles. The van der Waals surface area contributed by atoms with E-state index >= 15 is 0 Å². The van der Waals surface area contributed by atoms with E-state index in [1.807, 2.05) is 6.92 Å². The number of rotatable bonds is 6. The van der Waals surface area contributed by atoms with Crippen LogP contribution in [0, 0.1) is 5.92 Å². The van der Waals surface area contributed by atoms with Crippen LogP contribution in [0.25, 0.3) is 0 Å². The molecule has 1 atom stereocenters. The summed E-state index contributed by atoms with van der Waals surface area (Å²) < 4.78 is 0. The maximum atomic E-state index is 10.8. The van der Waals surface area contributed by atoms with Crippen LogP contribution in [-0.4, -0.2) is 34.3 Å². The number of aliphatic hydroxyl groups excluding tert-OH is 1. The van der Waals surface area contributed by atoms with Gasteiger partial charge in [-0.05, 0) is 18.4 Å². The molecule has 0 radical (unpaired) electrons. The lowest BCUT2D eigenvalue weighted by molar-refractivity contribution is 0.0697. The molecule has 0 bridgehead atoms. The fraction of sp³-hybridized carbons (Fsp3) is 0.455. The monoisotopic (exact) mass is 258 g/mol. The molecule has 6 heteroatoms. The average molecular weight is 259 g/mol. The summed E-state index contributed by atoms with van der Waals surface area (Å²) in [6, 6.07) is 1.40. The lowest BCUT2D eigenvalue weighted by atomic mass is 10.1. The van der Waals surface area contributed by atoms with Gasteiger partial charge in [0.05, 0.1) is 10.6 Å². The van der Waals surface area contributed by atoms with Gasteiger partial charge in [0, 0.05) is 19.3 Å². The van der Waals surface area contributed by atoms with Gasteiger partial charge in [0.1, 0.15) is 5.82 Å². The van der Waals surface area contributed by atoms with E-state index in [0.717, 1.165) is 0 Å². The van der Waals surface area contributed by atoms with Crippen LogP contribution >= 0.6 is 11.6 Å². The van der Waals surface area contributed by atoms with Crippen LogP contribution in [-0.2, 0) is 0 Å². The molecule has 0 saturated carbocycles. The van der Waals surface area contributed by atoms with Crippen LogP contribution in [0.2, 0.25) is 5.02 Å². The highest BCUT2D eigenvalue weighted by Crippen LogP contribution is 2.18. The molecule has 1 rings (SSSR count). The number of halogens is 1. The number of carbonyl (C=O) groups is 1. The Hall–Kier alpha value is -1.33. The van der Waals surface area contributed by atoms with Gasteiger partial charge in [-0.25, -0.2) is 9.78 Å². The van der Waals surface area contributed by atoms with E-state index in [1.165, 1.54) is 12.3 Å². The molecule has 0 spiro atoms. The highest BCUT2D eigenvalue weighted by atomic mass is 35.5. The van der Waals surface area contributed by atoms with Gasteiger partial charge in [0.2, 0.25) is 0 Å². The molecule has 0 aromatic carbocycles. The van der Waals surface area contributed by atoms with Crippen LogP contribution in [0.4, 0.5) is 5.82 Å². The van der Waals surface area contributed by atoms with Gasteiger partial charge in [0.25, 0.3) is 0 Å². The number of anilines is 1. The first-order valence-corrected chi connectivity index (χ1v) is 5.66. The highest BCUT2D eigenvalue weighted by Gasteiger charge is 2.10. The fourth-order valence-corrected chi connectivity index (χ4v) is 1.48. The predicted octanol–water partition coefficient (Wildman–Crippen LogP) is 1.86. The Morgan fingerprint density at radius 2 is 2.35 bits per heavy atom. The molecule has 1 unspecified atom stereocenters. The van der Waals surface area contributed by atoms with Gasteiger partial charge in [-0.1, -0.05) is 18.5 Å². The number of hydrogen-bond donors (Lipinski definition) is 3. The Bertz CT molecular complexity index is 398. The average Bonchev–Trinajstić information content (AvgIpc) is 2.28.